The first kappa shape index (κ1) is 12.9. The molecule has 0 spiro atoms. The molecule has 102 valence electrons. The lowest BCUT2D eigenvalue weighted by Crippen LogP contribution is -2.35. The van der Waals surface area contributed by atoms with E-state index in [0.717, 1.165) is 37.2 Å². The second-order valence-electron chi connectivity index (χ2n) is 5.15. The van der Waals surface area contributed by atoms with Gasteiger partial charge in [0.2, 0.25) is 0 Å². The highest BCUT2D eigenvalue weighted by molar-refractivity contribution is 5.94. The first-order valence-electron chi connectivity index (χ1n) is 7.15. The van der Waals surface area contributed by atoms with Crippen molar-refractivity contribution in [2.24, 2.45) is 0 Å². The lowest BCUT2D eigenvalue weighted by molar-refractivity contribution is 0.0724. The Balaban J connectivity index is 1.77. The molecule has 0 bridgehead atoms. The summed E-state index contributed by atoms with van der Waals surface area (Å²) in [5.74, 6) is 0.108. The first-order valence-corrected chi connectivity index (χ1v) is 7.15. The molecule has 0 aliphatic carbocycles. The van der Waals surface area contributed by atoms with Crippen molar-refractivity contribution >= 4 is 5.91 Å². The molecule has 0 N–H and O–H groups in total. The zero-order valence-electron chi connectivity index (χ0n) is 11.5. The molecule has 3 nitrogen and oxygen atoms in total. The van der Waals surface area contributed by atoms with Gasteiger partial charge in [-0.3, -0.25) is 9.78 Å². The van der Waals surface area contributed by atoms with Gasteiger partial charge >= 0.3 is 0 Å². The lowest BCUT2D eigenvalue weighted by Gasteiger charge is -2.26. The molecule has 0 atom stereocenters. The molecule has 1 amide bonds. The summed E-state index contributed by atoms with van der Waals surface area (Å²) in [4.78, 5) is 18.7. The molecule has 0 radical (unpaired) electrons. The first-order chi connectivity index (χ1) is 9.84. The zero-order valence-corrected chi connectivity index (χ0v) is 11.5. The van der Waals surface area contributed by atoms with E-state index in [1.54, 1.807) is 6.20 Å². The Morgan fingerprint density at radius 1 is 0.950 bits per heavy atom. The van der Waals surface area contributed by atoms with Crippen molar-refractivity contribution < 1.29 is 4.79 Å². The van der Waals surface area contributed by atoms with Crippen LogP contribution >= 0.6 is 0 Å². The van der Waals surface area contributed by atoms with Crippen LogP contribution in [0.1, 0.15) is 29.6 Å². The standard InChI is InChI=1S/C17H18N2O/c20-17(19-11-5-2-6-12-19)15-9-10-16(18-13-15)14-7-3-1-4-8-14/h1,3-4,7-10,13H,2,5-6,11-12H2. The molecule has 1 aromatic carbocycles. The summed E-state index contributed by atoms with van der Waals surface area (Å²) in [6, 6.07) is 13.8. The minimum absolute atomic E-state index is 0.108. The average molecular weight is 266 g/mol. The fourth-order valence-electron chi connectivity index (χ4n) is 2.58. The highest BCUT2D eigenvalue weighted by atomic mass is 16.2. The van der Waals surface area contributed by atoms with E-state index in [1.807, 2.05) is 47.4 Å². The predicted octanol–water partition coefficient (Wildman–Crippen LogP) is 3.37. The number of hydrogen-bond donors (Lipinski definition) is 0. The molecule has 20 heavy (non-hydrogen) atoms. The molecule has 1 aromatic heterocycles. The van der Waals surface area contributed by atoms with Gasteiger partial charge in [0.25, 0.3) is 5.91 Å². The van der Waals surface area contributed by atoms with Crippen molar-refractivity contribution in [3.8, 4) is 11.3 Å². The number of carbonyl (C=O) groups is 1. The van der Waals surface area contributed by atoms with Crippen LogP contribution in [-0.2, 0) is 0 Å². The molecule has 1 saturated heterocycles. The number of hydrogen-bond acceptors (Lipinski definition) is 2. The van der Waals surface area contributed by atoms with Crippen LogP contribution in [0.25, 0.3) is 11.3 Å². The fraction of sp³-hybridized carbons (Fsp3) is 0.294. The summed E-state index contributed by atoms with van der Waals surface area (Å²) in [6.07, 6.45) is 5.15. The van der Waals surface area contributed by atoms with Gasteiger partial charge < -0.3 is 4.90 Å². The number of rotatable bonds is 2. The van der Waals surface area contributed by atoms with Crippen LogP contribution < -0.4 is 0 Å². The maximum absolute atomic E-state index is 12.3. The quantitative estimate of drug-likeness (QED) is 0.835. The molecule has 3 rings (SSSR count). The van der Waals surface area contributed by atoms with Gasteiger partial charge in [-0.15, -0.1) is 0 Å². The number of benzene rings is 1. The van der Waals surface area contributed by atoms with Gasteiger partial charge in [0.15, 0.2) is 0 Å². The maximum Gasteiger partial charge on any atom is 0.255 e. The molecule has 0 unspecified atom stereocenters. The minimum Gasteiger partial charge on any atom is -0.339 e. The SMILES string of the molecule is O=C(c1ccc(-c2ccccc2)nc1)N1CCCCC1. The molecular weight excluding hydrogens is 248 g/mol. The van der Waals surface area contributed by atoms with E-state index < -0.39 is 0 Å². The van der Waals surface area contributed by atoms with Crippen LogP contribution in [0.4, 0.5) is 0 Å². The van der Waals surface area contributed by atoms with Gasteiger partial charge in [-0.1, -0.05) is 30.3 Å². The van der Waals surface area contributed by atoms with Crippen molar-refractivity contribution in [3.05, 3.63) is 54.2 Å². The van der Waals surface area contributed by atoms with E-state index >= 15 is 0 Å². The largest absolute Gasteiger partial charge is 0.339 e. The van der Waals surface area contributed by atoms with Gasteiger partial charge in [0, 0.05) is 24.8 Å². The Hall–Kier alpha value is -2.16. The predicted molar refractivity (Wildman–Crippen MR) is 79.4 cm³/mol. The smallest absolute Gasteiger partial charge is 0.255 e. The highest BCUT2D eigenvalue weighted by Gasteiger charge is 2.18. The van der Waals surface area contributed by atoms with Crippen LogP contribution in [0.15, 0.2) is 48.7 Å². The number of likely N-dealkylation sites (tertiary alicyclic amines) is 1. The summed E-state index contributed by atoms with van der Waals surface area (Å²) < 4.78 is 0. The summed E-state index contributed by atoms with van der Waals surface area (Å²) in [6.45, 7) is 1.75. The van der Waals surface area contributed by atoms with Crippen LogP contribution in [0.5, 0.6) is 0 Å². The number of piperidine rings is 1. The van der Waals surface area contributed by atoms with Crippen molar-refractivity contribution in [2.75, 3.05) is 13.1 Å². The van der Waals surface area contributed by atoms with Crippen molar-refractivity contribution in [2.45, 2.75) is 19.3 Å². The van der Waals surface area contributed by atoms with Crippen molar-refractivity contribution in [1.29, 1.82) is 0 Å². The van der Waals surface area contributed by atoms with Crippen LogP contribution in [-0.4, -0.2) is 28.9 Å². The molecule has 3 heteroatoms. The second-order valence-corrected chi connectivity index (χ2v) is 5.15. The molecule has 2 heterocycles. The van der Waals surface area contributed by atoms with Gasteiger partial charge in [-0.2, -0.15) is 0 Å². The molecule has 1 fully saturated rings. The number of aromatic nitrogens is 1. The van der Waals surface area contributed by atoms with Crippen LogP contribution in [0.3, 0.4) is 0 Å². The van der Waals surface area contributed by atoms with Crippen LogP contribution in [0.2, 0.25) is 0 Å². The van der Waals surface area contributed by atoms with Gasteiger partial charge in [0.1, 0.15) is 0 Å². The zero-order chi connectivity index (χ0) is 13.8. The summed E-state index contributed by atoms with van der Waals surface area (Å²) >= 11 is 0. The second kappa shape index (κ2) is 5.87. The number of carbonyl (C=O) groups excluding carboxylic acids is 1. The molecular formula is C17H18N2O. The van der Waals surface area contributed by atoms with Crippen molar-refractivity contribution in [3.63, 3.8) is 0 Å². The molecule has 0 saturated carbocycles. The van der Waals surface area contributed by atoms with Crippen molar-refractivity contribution in [1.82, 2.24) is 9.88 Å². The average Bonchev–Trinajstić information content (AvgIpc) is 2.56. The van der Waals surface area contributed by atoms with Gasteiger partial charge in [-0.05, 0) is 31.4 Å². The van der Waals surface area contributed by atoms with E-state index in [2.05, 4.69) is 4.98 Å². The van der Waals surface area contributed by atoms with E-state index in [1.165, 1.54) is 6.42 Å². The van der Waals surface area contributed by atoms with E-state index in [4.69, 9.17) is 0 Å². The minimum atomic E-state index is 0.108. The summed E-state index contributed by atoms with van der Waals surface area (Å²) in [5.41, 5.74) is 2.66. The van der Waals surface area contributed by atoms with Gasteiger partial charge in [0.05, 0.1) is 11.3 Å². The molecule has 1 aliphatic rings. The Bertz CT molecular complexity index is 572. The van der Waals surface area contributed by atoms with E-state index in [9.17, 15) is 4.79 Å². The summed E-state index contributed by atoms with van der Waals surface area (Å²) in [5, 5.41) is 0. The van der Waals surface area contributed by atoms with E-state index in [-0.39, 0.29) is 5.91 Å². The third kappa shape index (κ3) is 2.72. The number of amides is 1. The monoisotopic (exact) mass is 266 g/mol. The Morgan fingerprint density at radius 3 is 2.35 bits per heavy atom. The topological polar surface area (TPSA) is 33.2 Å². The van der Waals surface area contributed by atoms with E-state index in [0.29, 0.717) is 5.56 Å². The lowest BCUT2D eigenvalue weighted by atomic mass is 10.1. The Morgan fingerprint density at radius 2 is 1.70 bits per heavy atom. The molecule has 2 aromatic rings. The normalized spacial score (nSPS) is 15.1. The van der Waals surface area contributed by atoms with Gasteiger partial charge in [-0.25, -0.2) is 0 Å². The third-order valence-electron chi connectivity index (χ3n) is 3.72. The van der Waals surface area contributed by atoms with Crippen LogP contribution in [0, 0.1) is 0 Å². The molecule has 1 aliphatic heterocycles. The Kier molecular flexibility index (Phi) is 3.77. The number of pyridine rings is 1. The fourth-order valence-corrected chi connectivity index (χ4v) is 2.58. The summed E-state index contributed by atoms with van der Waals surface area (Å²) in [7, 11) is 0. The Labute approximate surface area is 119 Å². The number of nitrogens with zero attached hydrogens (tertiary/aromatic N) is 2. The highest BCUT2D eigenvalue weighted by Crippen LogP contribution is 2.18. The third-order valence-corrected chi connectivity index (χ3v) is 3.72. The maximum atomic E-state index is 12.3.